The van der Waals surface area contributed by atoms with Gasteiger partial charge in [-0.25, -0.2) is 4.98 Å². The summed E-state index contributed by atoms with van der Waals surface area (Å²) in [7, 11) is 0. The highest BCUT2D eigenvalue weighted by Gasteiger charge is 2.15. The molecular formula is C14H10Cl2N2O. The first-order valence-corrected chi connectivity index (χ1v) is 6.47. The number of aliphatic hydroxyl groups excluding tert-OH is 1. The average Bonchev–Trinajstić information content (AvgIpc) is 2.85. The van der Waals surface area contributed by atoms with Crippen LogP contribution in [0.5, 0.6) is 0 Å². The van der Waals surface area contributed by atoms with Crippen LogP contribution < -0.4 is 0 Å². The van der Waals surface area contributed by atoms with Gasteiger partial charge in [0.05, 0.1) is 15.7 Å². The van der Waals surface area contributed by atoms with Crippen molar-refractivity contribution in [1.29, 1.82) is 0 Å². The average molecular weight is 293 g/mol. The molecule has 3 rings (SSSR count). The van der Waals surface area contributed by atoms with Crippen LogP contribution in [0.25, 0.3) is 5.65 Å². The first-order chi connectivity index (χ1) is 9.15. The lowest BCUT2D eigenvalue weighted by Crippen LogP contribution is -1.99. The van der Waals surface area contributed by atoms with Crippen LogP contribution in [0.2, 0.25) is 10.0 Å². The van der Waals surface area contributed by atoms with E-state index < -0.39 is 6.10 Å². The molecule has 3 nitrogen and oxygen atoms in total. The number of imidazole rings is 1. The zero-order valence-electron chi connectivity index (χ0n) is 9.79. The van der Waals surface area contributed by atoms with Crippen molar-refractivity contribution in [3.8, 4) is 0 Å². The van der Waals surface area contributed by atoms with Crippen LogP contribution in [0.4, 0.5) is 0 Å². The number of benzene rings is 1. The number of pyridine rings is 1. The van der Waals surface area contributed by atoms with E-state index in [-0.39, 0.29) is 0 Å². The predicted octanol–water partition coefficient (Wildman–Crippen LogP) is 3.72. The van der Waals surface area contributed by atoms with Crippen molar-refractivity contribution < 1.29 is 5.11 Å². The minimum atomic E-state index is -0.824. The van der Waals surface area contributed by atoms with Crippen molar-refractivity contribution in [2.75, 3.05) is 0 Å². The van der Waals surface area contributed by atoms with Gasteiger partial charge >= 0.3 is 0 Å². The molecule has 0 fully saturated rings. The van der Waals surface area contributed by atoms with Crippen molar-refractivity contribution in [3.63, 3.8) is 0 Å². The third kappa shape index (κ3) is 2.32. The summed E-state index contributed by atoms with van der Waals surface area (Å²) in [5.41, 5.74) is 2.03. The largest absolute Gasteiger partial charge is 0.382 e. The maximum atomic E-state index is 10.3. The molecule has 5 heteroatoms. The number of halogens is 2. The normalized spacial score (nSPS) is 12.8. The van der Waals surface area contributed by atoms with Crippen LogP contribution in [0.3, 0.4) is 0 Å². The molecule has 1 atom stereocenters. The van der Waals surface area contributed by atoms with Crippen molar-refractivity contribution in [2.45, 2.75) is 6.10 Å². The maximum Gasteiger partial charge on any atom is 0.137 e. The minimum Gasteiger partial charge on any atom is -0.382 e. The number of rotatable bonds is 2. The molecule has 0 radical (unpaired) electrons. The predicted molar refractivity (Wildman–Crippen MR) is 75.7 cm³/mol. The van der Waals surface area contributed by atoms with Gasteiger partial charge < -0.3 is 9.51 Å². The van der Waals surface area contributed by atoms with Crippen molar-refractivity contribution in [2.24, 2.45) is 0 Å². The lowest BCUT2D eigenvalue weighted by Gasteiger charge is -2.08. The molecule has 1 aromatic carbocycles. The van der Waals surface area contributed by atoms with Crippen molar-refractivity contribution in [3.05, 3.63) is 70.1 Å². The van der Waals surface area contributed by atoms with E-state index in [4.69, 9.17) is 23.2 Å². The zero-order chi connectivity index (χ0) is 13.4. The molecule has 0 amide bonds. The van der Waals surface area contributed by atoms with E-state index in [1.54, 1.807) is 24.4 Å². The fraction of sp³-hybridized carbons (Fsp3) is 0.0714. The Morgan fingerprint density at radius 1 is 1.11 bits per heavy atom. The van der Waals surface area contributed by atoms with Gasteiger partial charge in [-0.05, 0) is 29.8 Å². The summed E-state index contributed by atoms with van der Waals surface area (Å²) in [4.78, 5) is 4.38. The molecular weight excluding hydrogens is 283 g/mol. The quantitative estimate of drug-likeness (QED) is 0.782. The molecule has 1 unspecified atom stereocenters. The van der Waals surface area contributed by atoms with E-state index in [2.05, 4.69) is 4.98 Å². The summed E-state index contributed by atoms with van der Waals surface area (Å²) in [6.45, 7) is 0. The first kappa shape index (κ1) is 12.5. The summed E-state index contributed by atoms with van der Waals surface area (Å²) in [5.74, 6) is 0. The second-order valence-electron chi connectivity index (χ2n) is 4.21. The van der Waals surface area contributed by atoms with Gasteiger partial charge in [0.15, 0.2) is 0 Å². The Hall–Kier alpha value is -1.55. The molecule has 96 valence electrons. The molecule has 0 saturated carbocycles. The molecule has 0 aliphatic carbocycles. The minimum absolute atomic E-state index is 0.419. The van der Waals surface area contributed by atoms with Gasteiger partial charge in [-0.3, -0.25) is 0 Å². The number of hydrogen-bond donors (Lipinski definition) is 1. The molecule has 0 saturated heterocycles. The first-order valence-electron chi connectivity index (χ1n) is 5.72. The van der Waals surface area contributed by atoms with E-state index in [0.717, 1.165) is 5.65 Å². The van der Waals surface area contributed by atoms with Crippen LogP contribution in [-0.2, 0) is 0 Å². The molecule has 1 N–H and O–H groups in total. The highest BCUT2D eigenvalue weighted by Crippen LogP contribution is 2.28. The lowest BCUT2D eigenvalue weighted by molar-refractivity contribution is 0.216. The van der Waals surface area contributed by atoms with E-state index in [1.165, 1.54) is 0 Å². The Labute approximate surface area is 120 Å². The SMILES string of the molecule is OC(c1ccc(Cl)c(Cl)c1)c1cn2ccccc2n1. The summed E-state index contributed by atoms with van der Waals surface area (Å²) in [6.07, 6.45) is 2.85. The lowest BCUT2D eigenvalue weighted by atomic mass is 10.1. The van der Waals surface area contributed by atoms with Gasteiger partial charge in [0.25, 0.3) is 0 Å². The van der Waals surface area contributed by atoms with E-state index >= 15 is 0 Å². The third-order valence-electron chi connectivity index (χ3n) is 2.92. The second kappa shape index (κ2) is 4.85. The van der Waals surface area contributed by atoms with Gasteiger partial charge in [0.2, 0.25) is 0 Å². The van der Waals surface area contributed by atoms with Crippen LogP contribution in [0.1, 0.15) is 17.4 Å². The number of aromatic nitrogens is 2. The van der Waals surface area contributed by atoms with Gasteiger partial charge in [0, 0.05) is 12.4 Å². The van der Waals surface area contributed by atoms with Crippen LogP contribution in [0.15, 0.2) is 48.8 Å². The summed E-state index contributed by atoms with van der Waals surface area (Å²) in [5, 5.41) is 11.2. The molecule has 0 spiro atoms. The molecule has 2 aromatic heterocycles. The Morgan fingerprint density at radius 3 is 2.68 bits per heavy atom. The van der Waals surface area contributed by atoms with Gasteiger partial charge in [-0.2, -0.15) is 0 Å². The Bertz CT molecular complexity index is 706. The Kier molecular flexibility index (Phi) is 3.19. The van der Waals surface area contributed by atoms with E-state index in [9.17, 15) is 5.11 Å². The van der Waals surface area contributed by atoms with E-state index in [0.29, 0.717) is 21.3 Å². The summed E-state index contributed by atoms with van der Waals surface area (Å²) >= 11 is 11.8. The molecule has 19 heavy (non-hydrogen) atoms. The van der Waals surface area contributed by atoms with Gasteiger partial charge in [0.1, 0.15) is 11.8 Å². The number of nitrogens with zero attached hydrogens (tertiary/aromatic N) is 2. The van der Waals surface area contributed by atoms with Crippen molar-refractivity contribution in [1.82, 2.24) is 9.38 Å². The standard InChI is InChI=1S/C14H10Cl2N2O/c15-10-5-4-9(7-11(10)16)14(19)12-8-18-6-2-1-3-13(18)17-12/h1-8,14,19H. The Morgan fingerprint density at radius 2 is 1.95 bits per heavy atom. The summed E-state index contributed by atoms with van der Waals surface area (Å²) in [6, 6.07) is 10.7. The number of hydrogen-bond acceptors (Lipinski definition) is 2. The molecule has 0 aliphatic heterocycles. The number of aliphatic hydroxyl groups is 1. The van der Waals surface area contributed by atoms with Gasteiger partial charge in [-0.1, -0.05) is 35.3 Å². The third-order valence-corrected chi connectivity index (χ3v) is 3.66. The zero-order valence-corrected chi connectivity index (χ0v) is 11.3. The smallest absolute Gasteiger partial charge is 0.137 e. The van der Waals surface area contributed by atoms with Crippen LogP contribution in [0, 0.1) is 0 Å². The monoisotopic (exact) mass is 292 g/mol. The maximum absolute atomic E-state index is 10.3. The Balaban J connectivity index is 2.02. The van der Waals surface area contributed by atoms with Gasteiger partial charge in [-0.15, -0.1) is 0 Å². The molecule has 0 bridgehead atoms. The highest BCUT2D eigenvalue weighted by atomic mass is 35.5. The molecule has 2 heterocycles. The molecule has 0 aliphatic rings. The fourth-order valence-electron chi connectivity index (χ4n) is 1.94. The highest BCUT2D eigenvalue weighted by molar-refractivity contribution is 6.42. The second-order valence-corrected chi connectivity index (χ2v) is 5.02. The van der Waals surface area contributed by atoms with Crippen molar-refractivity contribution >= 4 is 28.8 Å². The summed E-state index contributed by atoms with van der Waals surface area (Å²) < 4.78 is 1.86. The number of fused-ring (bicyclic) bond motifs is 1. The van der Waals surface area contributed by atoms with Crippen LogP contribution >= 0.6 is 23.2 Å². The molecule has 3 aromatic rings. The fourth-order valence-corrected chi connectivity index (χ4v) is 2.25. The van der Waals surface area contributed by atoms with E-state index in [1.807, 2.05) is 28.8 Å². The topological polar surface area (TPSA) is 37.5 Å². The van der Waals surface area contributed by atoms with Crippen LogP contribution in [-0.4, -0.2) is 14.5 Å².